The highest BCUT2D eigenvalue weighted by Crippen LogP contribution is 2.33. The Bertz CT molecular complexity index is 2090. The van der Waals surface area contributed by atoms with Gasteiger partial charge in [0.25, 0.3) is 11.8 Å². The van der Waals surface area contributed by atoms with Crippen LogP contribution >= 0.6 is 0 Å². The molecule has 0 fully saturated rings. The first-order valence-electron chi connectivity index (χ1n) is 15.1. The van der Waals surface area contributed by atoms with Crippen LogP contribution in [0.1, 0.15) is 43.0 Å². The third-order valence-corrected chi connectivity index (χ3v) is 8.04. The third kappa shape index (κ3) is 6.98. The summed E-state index contributed by atoms with van der Waals surface area (Å²) in [6, 6.07) is 34.4. The molecule has 0 aliphatic heterocycles. The maximum absolute atomic E-state index is 13.2. The molecule has 5 aromatic carbocycles. The number of benzene rings is 5. The van der Waals surface area contributed by atoms with E-state index in [1.807, 2.05) is 104 Å². The summed E-state index contributed by atoms with van der Waals surface area (Å²) in [7, 11) is 1.60. The van der Waals surface area contributed by atoms with Gasteiger partial charge in [-0.3, -0.25) is 14.6 Å². The topological polar surface area (TPSA) is 127 Å². The first-order valence-corrected chi connectivity index (χ1v) is 15.1. The highest BCUT2D eigenvalue weighted by molar-refractivity contribution is 6.08. The molecule has 0 bridgehead atoms. The van der Waals surface area contributed by atoms with E-state index >= 15 is 0 Å². The van der Waals surface area contributed by atoms with Crippen LogP contribution in [0.3, 0.4) is 0 Å². The molecule has 0 spiro atoms. The summed E-state index contributed by atoms with van der Waals surface area (Å²) in [4.78, 5) is 30.2. The maximum atomic E-state index is 13.2. The number of aryl methyl sites for hydroxylation is 1. The highest BCUT2D eigenvalue weighted by Gasteiger charge is 2.17. The summed E-state index contributed by atoms with van der Waals surface area (Å²) in [5, 5.41) is 16.4. The van der Waals surface area contributed by atoms with E-state index in [-0.39, 0.29) is 18.1 Å². The lowest BCUT2D eigenvalue weighted by Crippen LogP contribution is -2.14. The molecule has 47 heavy (non-hydrogen) atoms. The van der Waals surface area contributed by atoms with Crippen molar-refractivity contribution >= 4 is 39.8 Å². The number of amides is 2. The summed E-state index contributed by atoms with van der Waals surface area (Å²) in [5.41, 5.74) is 15.2. The quantitative estimate of drug-likeness (QED) is 0.126. The van der Waals surface area contributed by atoms with E-state index in [0.717, 1.165) is 50.0 Å². The summed E-state index contributed by atoms with van der Waals surface area (Å²) in [6.07, 6.45) is 2.06. The van der Waals surface area contributed by atoms with E-state index in [1.165, 1.54) is 6.20 Å². The first-order chi connectivity index (χ1) is 22.8. The molecule has 0 aliphatic rings. The predicted octanol–water partition coefficient (Wildman–Crippen LogP) is 7.40. The molecular formula is C39H34N4O4. The fraction of sp³-hybridized carbons (Fsp3) is 0.103. The number of carbonyl (C=O) groups excluding carboxylic acids is 2. The van der Waals surface area contributed by atoms with Crippen LogP contribution in [-0.4, -0.2) is 29.0 Å². The fourth-order valence-corrected chi connectivity index (χ4v) is 5.63. The van der Waals surface area contributed by atoms with Crippen molar-refractivity contribution in [2.75, 3.05) is 17.7 Å². The second kappa shape index (κ2) is 13.6. The van der Waals surface area contributed by atoms with Crippen molar-refractivity contribution in [1.29, 1.82) is 0 Å². The number of methoxy groups -OCH3 is 1. The van der Waals surface area contributed by atoms with E-state index in [1.54, 1.807) is 13.2 Å². The number of aliphatic hydroxyl groups excluding tert-OH is 1. The Kier molecular flexibility index (Phi) is 8.95. The molecule has 2 amide bonds. The largest absolute Gasteiger partial charge is 0.497 e. The third-order valence-electron chi connectivity index (χ3n) is 8.04. The lowest BCUT2D eigenvalue weighted by atomic mass is 9.97. The minimum atomic E-state index is -0.585. The van der Waals surface area contributed by atoms with Gasteiger partial charge in [-0.15, -0.1) is 0 Å². The molecular weight excluding hydrogens is 588 g/mol. The van der Waals surface area contributed by atoms with Crippen molar-refractivity contribution in [1.82, 2.24) is 4.98 Å². The molecule has 0 radical (unpaired) electrons. The Morgan fingerprint density at radius 1 is 0.809 bits per heavy atom. The summed E-state index contributed by atoms with van der Waals surface area (Å²) in [5.74, 6) is -0.114. The zero-order valence-corrected chi connectivity index (χ0v) is 26.1. The van der Waals surface area contributed by atoms with Crippen molar-refractivity contribution in [2.45, 2.75) is 20.0 Å². The van der Waals surface area contributed by atoms with Gasteiger partial charge in [-0.1, -0.05) is 60.7 Å². The first kappa shape index (κ1) is 31.0. The molecule has 8 heteroatoms. The minimum absolute atomic E-state index is 0.00706. The molecule has 0 saturated heterocycles. The van der Waals surface area contributed by atoms with Gasteiger partial charge in [-0.25, -0.2) is 0 Å². The average Bonchev–Trinajstić information content (AvgIpc) is 3.09. The molecule has 0 atom stereocenters. The summed E-state index contributed by atoms with van der Waals surface area (Å²) >= 11 is 0. The molecule has 5 N–H and O–H groups in total. The Hall–Kier alpha value is -5.99. The van der Waals surface area contributed by atoms with Crippen LogP contribution in [0.15, 0.2) is 115 Å². The van der Waals surface area contributed by atoms with E-state index in [2.05, 4.69) is 21.7 Å². The Labute approximate surface area is 272 Å². The number of ether oxygens (including phenoxy) is 1. The molecule has 234 valence electrons. The van der Waals surface area contributed by atoms with Crippen LogP contribution in [0.5, 0.6) is 5.75 Å². The van der Waals surface area contributed by atoms with Gasteiger partial charge in [0.15, 0.2) is 0 Å². The number of rotatable bonds is 10. The number of nitrogens with zero attached hydrogens (tertiary/aromatic N) is 1. The van der Waals surface area contributed by atoms with Crippen molar-refractivity contribution < 1.29 is 19.4 Å². The van der Waals surface area contributed by atoms with Gasteiger partial charge in [0.1, 0.15) is 5.75 Å². The van der Waals surface area contributed by atoms with Crippen LogP contribution < -0.4 is 21.1 Å². The van der Waals surface area contributed by atoms with Crippen LogP contribution in [0, 0.1) is 6.92 Å². The molecule has 8 nitrogen and oxygen atoms in total. The van der Waals surface area contributed by atoms with Crippen molar-refractivity contribution in [2.24, 2.45) is 5.73 Å². The average molecular weight is 623 g/mol. The second-order valence-corrected chi connectivity index (χ2v) is 11.3. The number of fused-ring (bicyclic) bond motifs is 1. The molecule has 6 rings (SSSR count). The minimum Gasteiger partial charge on any atom is -0.497 e. The number of aliphatic hydroxyl groups is 1. The Morgan fingerprint density at radius 3 is 2.23 bits per heavy atom. The van der Waals surface area contributed by atoms with Gasteiger partial charge in [0.2, 0.25) is 0 Å². The maximum Gasteiger partial charge on any atom is 0.255 e. The van der Waals surface area contributed by atoms with Gasteiger partial charge in [-0.2, -0.15) is 0 Å². The smallest absolute Gasteiger partial charge is 0.255 e. The van der Waals surface area contributed by atoms with Crippen molar-refractivity contribution in [3.8, 4) is 16.9 Å². The van der Waals surface area contributed by atoms with E-state index in [4.69, 9.17) is 10.5 Å². The number of nitrogens with one attached hydrogen (secondary N) is 2. The number of pyridine rings is 1. The zero-order chi connectivity index (χ0) is 32.9. The number of aromatic nitrogens is 1. The summed E-state index contributed by atoms with van der Waals surface area (Å²) in [6.45, 7) is 1.99. The van der Waals surface area contributed by atoms with E-state index in [0.29, 0.717) is 29.1 Å². The van der Waals surface area contributed by atoms with E-state index in [9.17, 15) is 14.7 Å². The zero-order valence-electron chi connectivity index (χ0n) is 26.1. The molecule has 6 aromatic rings. The molecule has 1 heterocycles. The monoisotopic (exact) mass is 622 g/mol. The standard InChI is InChI=1S/C39H34N4O4/c1-24-17-27(20-34-36(24)41-22-35(38(40)45)37(34)42-32-7-4-8-33(21-32)47-2)18-26-5-3-6-30(19-26)39(46)43-31-15-13-29(14-16-31)28-11-9-25(23-44)10-12-28/h3-17,19-22,44H,18,23H2,1-2H3,(H2,40,45)(H,41,42)(H,43,46). The predicted molar refractivity (Wildman–Crippen MR) is 186 cm³/mol. The van der Waals surface area contributed by atoms with Crippen molar-refractivity contribution in [3.63, 3.8) is 0 Å². The Balaban J connectivity index is 1.24. The van der Waals surface area contributed by atoms with Crippen LogP contribution in [0.4, 0.5) is 17.1 Å². The Morgan fingerprint density at radius 2 is 1.53 bits per heavy atom. The molecule has 0 saturated carbocycles. The van der Waals surface area contributed by atoms with Gasteiger partial charge < -0.3 is 26.2 Å². The van der Waals surface area contributed by atoms with Crippen molar-refractivity contribution in [3.05, 3.63) is 149 Å². The lowest BCUT2D eigenvalue weighted by molar-refractivity contribution is 0.0998. The number of anilines is 3. The number of nitrogens with two attached hydrogens (primary N) is 1. The van der Waals surface area contributed by atoms with Gasteiger partial charge >= 0.3 is 0 Å². The molecule has 0 aliphatic carbocycles. The lowest BCUT2D eigenvalue weighted by Gasteiger charge is -2.16. The summed E-state index contributed by atoms with van der Waals surface area (Å²) < 4.78 is 5.37. The number of carbonyl (C=O) groups is 2. The van der Waals surface area contributed by atoms with Crippen LogP contribution in [0.25, 0.3) is 22.0 Å². The molecule has 1 aromatic heterocycles. The highest BCUT2D eigenvalue weighted by atomic mass is 16.5. The normalized spacial score (nSPS) is 10.9. The van der Waals surface area contributed by atoms with Gasteiger partial charge in [0.05, 0.1) is 30.5 Å². The fourth-order valence-electron chi connectivity index (χ4n) is 5.63. The van der Waals surface area contributed by atoms with Crippen LogP contribution in [-0.2, 0) is 13.0 Å². The number of hydrogen-bond donors (Lipinski definition) is 4. The molecule has 0 unspecified atom stereocenters. The number of hydrogen-bond acceptors (Lipinski definition) is 6. The van der Waals surface area contributed by atoms with Crippen LogP contribution in [0.2, 0.25) is 0 Å². The second-order valence-electron chi connectivity index (χ2n) is 11.3. The SMILES string of the molecule is COc1cccc(Nc2c(C(N)=O)cnc3c(C)cc(Cc4cccc(C(=O)Nc5ccc(-c6ccc(CO)cc6)cc5)c4)cc23)c1. The van der Waals surface area contributed by atoms with Gasteiger partial charge in [0, 0.05) is 34.6 Å². The van der Waals surface area contributed by atoms with Gasteiger partial charge in [-0.05, 0) is 89.2 Å². The van der Waals surface area contributed by atoms with E-state index < -0.39 is 5.91 Å². The number of primary amides is 1.